The highest BCUT2D eigenvalue weighted by Gasteiger charge is 2.05. The van der Waals surface area contributed by atoms with Crippen LogP contribution in [0.5, 0.6) is 11.5 Å². The molecule has 5 heteroatoms. The minimum Gasteiger partial charge on any atom is -0.491 e. The Labute approximate surface area is 154 Å². The summed E-state index contributed by atoms with van der Waals surface area (Å²) in [6.45, 7) is 5.92. The number of hydrogen-bond acceptors (Lipinski definition) is 4. The maximum absolute atomic E-state index is 11.9. The van der Waals surface area contributed by atoms with Gasteiger partial charge in [-0.2, -0.15) is 0 Å². The van der Waals surface area contributed by atoms with Gasteiger partial charge in [-0.05, 0) is 57.0 Å². The van der Waals surface area contributed by atoms with Crippen molar-refractivity contribution in [1.82, 2.24) is 5.32 Å². The Morgan fingerprint density at radius 1 is 1.04 bits per heavy atom. The van der Waals surface area contributed by atoms with Crippen LogP contribution in [-0.2, 0) is 11.2 Å². The highest BCUT2D eigenvalue weighted by molar-refractivity contribution is 5.94. The van der Waals surface area contributed by atoms with Gasteiger partial charge in [-0.1, -0.05) is 24.3 Å². The standard InChI is InChI=1S/C21H25NO4/c1-15(2)26-19-9-7-17(8-10-19)11-12-22-21(24)14-25-20-6-4-5-18(13-20)16(3)23/h4-10,13,15H,11-12,14H2,1-3H3,(H,22,24). The Hall–Kier alpha value is -2.82. The van der Waals surface area contributed by atoms with Crippen LogP contribution in [0, 0.1) is 0 Å². The molecule has 0 bridgehead atoms. The molecular weight excluding hydrogens is 330 g/mol. The molecule has 0 atom stereocenters. The van der Waals surface area contributed by atoms with Gasteiger partial charge in [0, 0.05) is 12.1 Å². The number of ketones is 1. The van der Waals surface area contributed by atoms with Crippen molar-refractivity contribution in [3.05, 3.63) is 59.7 Å². The second-order valence-electron chi connectivity index (χ2n) is 6.28. The van der Waals surface area contributed by atoms with E-state index in [-0.39, 0.29) is 24.4 Å². The topological polar surface area (TPSA) is 64.6 Å². The smallest absolute Gasteiger partial charge is 0.257 e. The van der Waals surface area contributed by atoms with Crippen molar-refractivity contribution in [2.75, 3.05) is 13.2 Å². The maximum atomic E-state index is 11.9. The Balaban J connectivity index is 1.72. The fraction of sp³-hybridized carbons (Fsp3) is 0.333. The van der Waals surface area contributed by atoms with Crippen LogP contribution in [0.3, 0.4) is 0 Å². The van der Waals surface area contributed by atoms with Crippen molar-refractivity contribution >= 4 is 11.7 Å². The van der Waals surface area contributed by atoms with E-state index in [9.17, 15) is 9.59 Å². The summed E-state index contributed by atoms with van der Waals surface area (Å²) in [5, 5.41) is 2.82. The molecule has 0 unspecified atom stereocenters. The van der Waals surface area contributed by atoms with Crippen molar-refractivity contribution in [1.29, 1.82) is 0 Å². The van der Waals surface area contributed by atoms with Crippen LogP contribution >= 0.6 is 0 Å². The van der Waals surface area contributed by atoms with Gasteiger partial charge in [-0.15, -0.1) is 0 Å². The number of nitrogens with one attached hydrogen (secondary N) is 1. The monoisotopic (exact) mass is 355 g/mol. The number of amides is 1. The summed E-state index contributed by atoms with van der Waals surface area (Å²) in [4.78, 5) is 23.2. The zero-order valence-electron chi connectivity index (χ0n) is 15.5. The number of hydrogen-bond donors (Lipinski definition) is 1. The molecule has 0 saturated carbocycles. The summed E-state index contributed by atoms with van der Waals surface area (Å²) < 4.78 is 11.0. The lowest BCUT2D eigenvalue weighted by atomic mass is 10.1. The molecule has 2 aromatic rings. The normalized spacial score (nSPS) is 10.5. The first kappa shape index (κ1) is 19.5. The molecule has 0 saturated heterocycles. The van der Waals surface area contributed by atoms with E-state index < -0.39 is 0 Å². The van der Waals surface area contributed by atoms with E-state index in [0.717, 1.165) is 17.7 Å². The Morgan fingerprint density at radius 3 is 2.42 bits per heavy atom. The molecule has 2 rings (SSSR count). The molecule has 0 aromatic heterocycles. The average molecular weight is 355 g/mol. The highest BCUT2D eigenvalue weighted by atomic mass is 16.5. The number of Topliss-reactive ketones (excluding diaryl/α,β-unsaturated/α-hetero) is 1. The van der Waals surface area contributed by atoms with Crippen molar-refractivity contribution in [3.8, 4) is 11.5 Å². The first-order valence-electron chi connectivity index (χ1n) is 8.70. The second kappa shape index (κ2) is 9.61. The van der Waals surface area contributed by atoms with Crippen LogP contribution in [0.15, 0.2) is 48.5 Å². The molecular formula is C21H25NO4. The van der Waals surface area contributed by atoms with E-state index in [1.54, 1.807) is 24.3 Å². The molecule has 138 valence electrons. The molecule has 1 N–H and O–H groups in total. The van der Waals surface area contributed by atoms with Gasteiger partial charge >= 0.3 is 0 Å². The number of rotatable bonds is 9. The van der Waals surface area contributed by atoms with Crippen LogP contribution in [0.4, 0.5) is 0 Å². The molecule has 0 spiro atoms. The fourth-order valence-corrected chi connectivity index (χ4v) is 2.36. The van der Waals surface area contributed by atoms with Gasteiger partial charge in [-0.25, -0.2) is 0 Å². The van der Waals surface area contributed by atoms with Crippen LogP contribution in [0.1, 0.15) is 36.7 Å². The molecule has 5 nitrogen and oxygen atoms in total. The van der Waals surface area contributed by atoms with Crippen molar-refractivity contribution in [3.63, 3.8) is 0 Å². The van der Waals surface area contributed by atoms with Crippen LogP contribution in [0.2, 0.25) is 0 Å². The van der Waals surface area contributed by atoms with Crippen LogP contribution in [-0.4, -0.2) is 30.9 Å². The van der Waals surface area contributed by atoms with Gasteiger partial charge in [0.25, 0.3) is 5.91 Å². The first-order valence-corrected chi connectivity index (χ1v) is 8.70. The van der Waals surface area contributed by atoms with Gasteiger partial charge < -0.3 is 14.8 Å². The minimum absolute atomic E-state index is 0.0373. The van der Waals surface area contributed by atoms with E-state index in [0.29, 0.717) is 17.9 Å². The molecule has 0 aliphatic heterocycles. The first-order chi connectivity index (χ1) is 12.4. The highest BCUT2D eigenvalue weighted by Crippen LogP contribution is 2.14. The second-order valence-corrected chi connectivity index (χ2v) is 6.28. The zero-order chi connectivity index (χ0) is 18.9. The van der Waals surface area contributed by atoms with E-state index in [2.05, 4.69) is 5.32 Å². The maximum Gasteiger partial charge on any atom is 0.257 e. The summed E-state index contributed by atoms with van der Waals surface area (Å²) in [6.07, 6.45) is 0.879. The quantitative estimate of drug-likeness (QED) is 0.700. The van der Waals surface area contributed by atoms with Crippen LogP contribution in [0.25, 0.3) is 0 Å². The van der Waals surface area contributed by atoms with Gasteiger partial charge in [0.1, 0.15) is 11.5 Å². The molecule has 26 heavy (non-hydrogen) atoms. The van der Waals surface area contributed by atoms with Crippen molar-refractivity contribution in [2.24, 2.45) is 0 Å². The van der Waals surface area contributed by atoms with E-state index in [1.807, 2.05) is 38.1 Å². The minimum atomic E-state index is -0.196. The predicted molar refractivity (Wildman–Crippen MR) is 101 cm³/mol. The summed E-state index contributed by atoms with van der Waals surface area (Å²) in [6, 6.07) is 14.7. The molecule has 0 radical (unpaired) electrons. The van der Waals surface area contributed by atoms with Crippen LogP contribution < -0.4 is 14.8 Å². The van der Waals surface area contributed by atoms with Gasteiger partial charge in [0.15, 0.2) is 12.4 Å². The SMILES string of the molecule is CC(=O)c1cccc(OCC(=O)NCCc2ccc(OC(C)C)cc2)c1. The Kier molecular flexibility index (Phi) is 7.21. The van der Waals surface area contributed by atoms with Gasteiger partial charge in [0.2, 0.25) is 0 Å². The molecule has 0 heterocycles. The molecule has 2 aromatic carbocycles. The number of benzene rings is 2. The Morgan fingerprint density at radius 2 is 1.77 bits per heavy atom. The molecule has 0 aliphatic rings. The van der Waals surface area contributed by atoms with Crippen molar-refractivity contribution < 1.29 is 19.1 Å². The fourth-order valence-electron chi connectivity index (χ4n) is 2.36. The lowest BCUT2D eigenvalue weighted by molar-refractivity contribution is -0.123. The largest absolute Gasteiger partial charge is 0.491 e. The molecule has 1 amide bonds. The van der Waals surface area contributed by atoms with E-state index in [1.165, 1.54) is 6.92 Å². The third-order valence-electron chi connectivity index (χ3n) is 3.64. The summed E-state index contributed by atoms with van der Waals surface area (Å²) in [5.74, 6) is 1.12. The molecule has 0 aliphatic carbocycles. The van der Waals surface area contributed by atoms with Gasteiger partial charge in [-0.3, -0.25) is 9.59 Å². The third-order valence-corrected chi connectivity index (χ3v) is 3.64. The third kappa shape index (κ3) is 6.59. The number of ether oxygens (including phenoxy) is 2. The zero-order valence-corrected chi connectivity index (χ0v) is 15.5. The van der Waals surface area contributed by atoms with E-state index in [4.69, 9.17) is 9.47 Å². The average Bonchev–Trinajstić information content (AvgIpc) is 2.61. The summed E-state index contributed by atoms with van der Waals surface area (Å²) >= 11 is 0. The predicted octanol–water partition coefficient (Wildman–Crippen LogP) is 3.41. The summed E-state index contributed by atoms with van der Waals surface area (Å²) in [7, 11) is 0. The lowest BCUT2D eigenvalue weighted by Gasteiger charge is -2.10. The Bertz CT molecular complexity index is 738. The van der Waals surface area contributed by atoms with Gasteiger partial charge in [0.05, 0.1) is 6.10 Å². The number of carbonyl (C=O) groups excluding carboxylic acids is 2. The summed E-state index contributed by atoms with van der Waals surface area (Å²) in [5.41, 5.74) is 1.68. The van der Waals surface area contributed by atoms with Crippen molar-refractivity contribution in [2.45, 2.75) is 33.3 Å². The number of carbonyl (C=O) groups is 2. The molecule has 0 fully saturated rings. The van der Waals surface area contributed by atoms with E-state index >= 15 is 0 Å². The lowest BCUT2D eigenvalue weighted by Crippen LogP contribution is -2.30.